The molecule has 23 heavy (non-hydrogen) atoms. The number of fused-ring (bicyclic) bond motifs is 1. The molecule has 1 amide bonds. The van der Waals surface area contributed by atoms with E-state index in [1.54, 1.807) is 0 Å². The molecule has 0 aromatic heterocycles. The van der Waals surface area contributed by atoms with Crippen LogP contribution >= 0.6 is 11.8 Å². The third-order valence-corrected chi connectivity index (χ3v) is 7.14. The molecule has 2 saturated heterocycles. The van der Waals surface area contributed by atoms with Crippen molar-refractivity contribution in [1.82, 2.24) is 0 Å². The second kappa shape index (κ2) is 6.26. The summed E-state index contributed by atoms with van der Waals surface area (Å²) in [5.74, 6) is -0.144. The van der Waals surface area contributed by atoms with Gasteiger partial charge in [0.1, 0.15) is 6.61 Å². The first-order valence-corrected chi connectivity index (χ1v) is 9.94. The minimum absolute atomic E-state index is 0.0840. The van der Waals surface area contributed by atoms with Crippen molar-refractivity contribution in [3.8, 4) is 0 Å². The Balaban J connectivity index is 2.01. The molecule has 0 unspecified atom stereocenters. The molecule has 6 nitrogen and oxygen atoms in total. The summed E-state index contributed by atoms with van der Waals surface area (Å²) < 4.78 is 28.8. The van der Waals surface area contributed by atoms with Crippen LogP contribution in [0.3, 0.4) is 0 Å². The molecule has 0 saturated carbocycles. The standard InChI is InChI=1S/C15H18N2O4S2/c1-10-5-3-4-6-11(10)17-12-8-23(19,20)9-13(12)22-15(17)16-14(18)7-21-2/h3-6,12-13H,7-9H2,1-2H3/t12-,13+/m0/s1. The summed E-state index contributed by atoms with van der Waals surface area (Å²) in [5.41, 5.74) is 1.92. The van der Waals surface area contributed by atoms with Crippen molar-refractivity contribution in [3.63, 3.8) is 0 Å². The fraction of sp³-hybridized carbons (Fsp3) is 0.467. The molecule has 8 heteroatoms. The van der Waals surface area contributed by atoms with Crippen LogP contribution in [0.2, 0.25) is 0 Å². The van der Waals surface area contributed by atoms with E-state index in [1.807, 2.05) is 36.1 Å². The van der Waals surface area contributed by atoms with Gasteiger partial charge in [0.05, 0.1) is 17.5 Å². The highest BCUT2D eigenvalue weighted by atomic mass is 32.2. The molecule has 3 rings (SSSR count). The maximum absolute atomic E-state index is 12.0. The van der Waals surface area contributed by atoms with Crippen molar-refractivity contribution in [3.05, 3.63) is 29.8 Å². The zero-order valence-electron chi connectivity index (χ0n) is 12.9. The van der Waals surface area contributed by atoms with Gasteiger partial charge in [-0.25, -0.2) is 8.42 Å². The maximum atomic E-state index is 12.0. The molecule has 2 heterocycles. The van der Waals surface area contributed by atoms with Gasteiger partial charge in [0.15, 0.2) is 15.0 Å². The molecule has 0 aliphatic carbocycles. The summed E-state index contributed by atoms with van der Waals surface area (Å²) in [4.78, 5) is 17.9. The number of para-hydroxylation sites is 1. The number of aryl methyl sites for hydroxylation is 1. The lowest BCUT2D eigenvalue weighted by Crippen LogP contribution is -2.38. The Hall–Kier alpha value is -1.38. The number of nitrogens with zero attached hydrogens (tertiary/aromatic N) is 2. The molecule has 2 atom stereocenters. The van der Waals surface area contributed by atoms with Crippen LogP contribution in [0.15, 0.2) is 29.3 Å². The number of sulfone groups is 1. The number of aliphatic imine (C=N–C) groups is 1. The average Bonchev–Trinajstić information content (AvgIpc) is 2.91. The van der Waals surface area contributed by atoms with Crippen molar-refractivity contribution in [2.45, 2.75) is 18.2 Å². The lowest BCUT2D eigenvalue weighted by Gasteiger charge is -2.26. The summed E-state index contributed by atoms with van der Waals surface area (Å²) in [7, 11) is -1.60. The second-order valence-corrected chi connectivity index (χ2v) is 9.04. The number of hydrogen-bond donors (Lipinski definition) is 0. The number of carbonyl (C=O) groups excluding carboxylic acids is 1. The quantitative estimate of drug-likeness (QED) is 0.813. The van der Waals surface area contributed by atoms with Crippen molar-refractivity contribution in [2.24, 2.45) is 4.99 Å². The lowest BCUT2D eigenvalue weighted by atomic mass is 10.1. The molecule has 2 fully saturated rings. The average molecular weight is 354 g/mol. The van der Waals surface area contributed by atoms with Crippen LogP contribution in [0.4, 0.5) is 5.69 Å². The van der Waals surface area contributed by atoms with Crippen molar-refractivity contribution in [1.29, 1.82) is 0 Å². The first-order chi connectivity index (χ1) is 10.9. The van der Waals surface area contributed by atoms with Gasteiger partial charge in [-0.1, -0.05) is 30.0 Å². The first-order valence-electron chi connectivity index (χ1n) is 7.23. The van der Waals surface area contributed by atoms with E-state index in [2.05, 4.69) is 4.99 Å². The Kier molecular flexibility index (Phi) is 4.48. The number of amidine groups is 1. The predicted octanol–water partition coefficient (Wildman–Crippen LogP) is 1.24. The molecule has 1 aromatic rings. The third kappa shape index (κ3) is 3.29. The number of rotatable bonds is 3. The van der Waals surface area contributed by atoms with E-state index in [9.17, 15) is 13.2 Å². The number of anilines is 1. The van der Waals surface area contributed by atoms with E-state index in [1.165, 1.54) is 18.9 Å². The highest BCUT2D eigenvalue weighted by Gasteiger charge is 2.49. The molecular weight excluding hydrogens is 336 g/mol. The van der Waals surface area contributed by atoms with Gasteiger partial charge in [-0.15, -0.1) is 0 Å². The number of thioether (sulfide) groups is 1. The third-order valence-electron chi connectivity index (χ3n) is 3.93. The fourth-order valence-electron chi connectivity index (χ4n) is 2.94. The Bertz CT molecular complexity index is 760. The summed E-state index contributed by atoms with van der Waals surface area (Å²) in [6.45, 7) is 1.88. The van der Waals surface area contributed by atoms with Gasteiger partial charge >= 0.3 is 0 Å². The van der Waals surface area contributed by atoms with Gasteiger partial charge in [0.25, 0.3) is 5.91 Å². The number of benzene rings is 1. The zero-order valence-corrected chi connectivity index (χ0v) is 14.6. The van der Waals surface area contributed by atoms with Crippen LogP contribution in [-0.4, -0.2) is 56.0 Å². The molecule has 124 valence electrons. The zero-order chi connectivity index (χ0) is 16.6. The van der Waals surface area contributed by atoms with Gasteiger partial charge in [0, 0.05) is 18.0 Å². The number of ether oxygens (including phenoxy) is 1. The minimum atomic E-state index is -3.05. The molecule has 2 aliphatic rings. The van der Waals surface area contributed by atoms with Crippen LogP contribution in [0.5, 0.6) is 0 Å². The minimum Gasteiger partial charge on any atom is -0.375 e. The highest BCUT2D eigenvalue weighted by molar-refractivity contribution is 8.16. The van der Waals surface area contributed by atoms with E-state index in [0.717, 1.165) is 11.3 Å². The van der Waals surface area contributed by atoms with Crippen LogP contribution in [-0.2, 0) is 19.4 Å². The second-order valence-electron chi connectivity index (χ2n) is 5.68. The molecule has 0 bridgehead atoms. The normalized spacial score (nSPS) is 27.4. The van der Waals surface area contributed by atoms with E-state index in [0.29, 0.717) is 5.17 Å². The molecule has 0 N–H and O–H groups in total. The van der Waals surface area contributed by atoms with Gasteiger partial charge in [-0.3, -0.25) is 4.79 Å². The number of hydrogen-bond acceptors (Lipinski definition) is 5. The molecular formula is C15H18N2O4S2. The molecule has 1 aromatic carbocycles. The fourth-order valence-corrected chi connectivity index (χ4v) is 6.87. The smallest absolute Gasteiger partial charge is 0.274 e. The summed E-state index contributed by atoms with van der Waals surface area (Å²) in [5, 5.41) is 0.472. The largest absolute Gasteiger partial charge is 0.375 e. The van der Waals surface area contributed by atoms with Gasteiger partial charge < -0.3 is 9.64 Å². The molecule has 0 radical (unpaired) electrons. The maximum Gasteiger partial charge on any atom is 0.274 e. The topological polar surface area (TPSA) is 76.0 Å². The van der Waals surface area contributed by atoms with Gasteiger partial charge in [-0.05, 0) is 18.6 Å². The summed E-state index contributed by atoms with van der Waals surface area (Å²) >= 11 is 1.37. The van der Waals surface area contributed by atoms with E-state index in [4.69, 9.17) is 4.74 Å². The van der Waals surface area contributed by atoms with Crippen molar-refractivity contribution < 1.29 is 17.9 Å². The summed E-state index contributed by atoms with van der Waals surface area (Å²) in [6, 6.07) is 7.54. The Morgan fingerprint density at radius 3 is 2.83 bits per heavy atom. The van der Waals surface area contributed by atoms with Crippen molar-refractivity contribution in [2.75, 3.05) is 30.1 Å². The predicted molar refractivity (Wildman–Crippen MR) is 91.8 cm³/mol. The van der Waals surface area contributed by atoms with Crippen LogP contribution in [0, 0.1) is 6.92 Å². The van der Waals surface area contributed by atoms with Gasteiger partial charge in [-0.2, -0.15) is 4.99 Å². The van der Waals surface area contributed by atoms with E-state index in [-0.39, 0.29) is 35.3 Å². The molecule has 0 spiro atoms. The highest BCUT2D eigenvalue weighted by Crippen LogP contribution is 2.41. The number of amides is 1. The van der Waals surface area contributed by atoms with Gasteiger partial charge in [0.2, 0.25) is 0 Å². The Morgan fingerprint density at radius 2 is 2.13 bits per heavy atom. The molecule has 2 aliphatic heterocycles. The van der Waals surface area contributed by atoms with Crippen LogP contribution in [0.25, 0.3) is 0 Å². The van der Waals surface area contributed by atoms with E-state index < -0.39 is 9.84 Å². The summed E-state index contributed by atoms with van der Waals surface area (Å²) in [6.07, 6.45) is 0. The Morgan fingerprint density at radius 1 is 1.39 bits per heavy atom. The van der Waals surface area contributed by atoms with Crippen LogP contribution < -0.4 is 4.90 Å². The van der Waals surface area contributed by atoms with Crippen LogP contribution in [0.1, 0.15) is 5.56 Å². The lowest BCUT2D eigenvalue weighted by molar-refractivity contribution is -0.121. The monoisotopic (exact) mass is 354 g/mol. The number of carbonyl (C=O) groups is 1. The van der Waals surface area contributed by atoms with Crippen molar-refractivity contribution >= 4 is 38.4 Å². The Labute approximate surface area is 139 Å². The first kappa shape index (κ1) is 16.5. The SMILES string of the molecule is COCC(=O)N=C1S[C@@H]2CS(=O)(=O)C[C@@H]2N1c1ccccc1C. The van der Waals surface area contributed by atoms with E-state index >= 15 is 0 Å². The number of methoxy groups -OCH3 is 1.